The third-order valence-corrected chi connectivity index (χ3v) is 6.30. The van der Waals surface area contributed by atoms with E-state index in [0.717, 1.165) is 11.1 Å². The number of carbonyl (C=O) groups excluding carboxylic acids is 2. The Labute approximate surface area is 232 Å². The molecule has 1 aliphatic rings. The van der Waals surface area contributed by atoms with Gasteiger partial charge >= 0.3 is 0 Å². The Bertz CT molecular complexity index is 1390. The molecule has 3 aromatic rings. The Morgan fingerprint density at radius 3 is 2.38 bits per heavy atom. The van der Waals surface area contributed by atoms with E-state index in [1.54, 1.807) is 44.4 Å². The number of methoxy groups -OCH3 is 2. The van der Waals surface area contributed by atoms with Crippen molar-refractivity contribution in [3.05, 3.63) is 95.2 Å². The Morgan fingerprint density at radius 1 is 0.923 bits per heavy atom. The highest BCUT2D eigenvalue weighted by atomic mass is 32.1. The first-order valence-corrected chi connectivity index (χ1v) is 12.6. The molecular formula is C29H30N4O5S. The number of rotatable bonds is 10. The minimum Gasteiger partial charge on any atom is -0.495 e. The average Bonchev–Trinajstić information content (AvgIpc) is 2.95. The summed E-state index contributed by atoms with van der Waals surface area (Å²) >= 11 is 5.38. The summed E-state index contributed by atoms with van der Waals surface area (Å²) < 4.78 is 16.7. The maximum atomic E-state index is 13.5. The summed E-state index contributed by atoms with van der Waals surface area (Å²) in [6, 6.07) is 21.5. The van der Waals surface area contributed by atoms with Crippen LogP contribution in [0.25, 0.3) is 0 Å². The molecule has 0 radical (unpaired) electrons. The molecule has 0 bridgehead atoms. The van der Waals surface area contributed by atoms with Gasteiger partial charge < -0.3 is 35.5 Å². The van der Waals surface area contributed by atoms with E-state index < -0.39 is 6.04 Å². The Balaban J connectivity index is 1.50. The van der Waals surface area contributed by atoms with Crippen LogP contribution in [0.4, 0.5) is 5.69 Å². The van der Waals surface area contributed by atoms with Crippen LogP contribution in [0.1, 0.15) is 24.1 Å². The van der Waals surface area contributed by atoms with Crippen LogP contribution in [0, 0.1) is 0 Å². The molecule has 1 atom stereocenters. The minimum atomic E-state index is -0.564. The lowest BCUT2D eigenvalue weighted by atomic mass is 9.94. The van der Waals surface area contributed by atoms with Crippen LogP contribution in [0.3, 0.4) is 0 Å². The zero-order valence-electron chi connectivity index (χ0n) is 21.9. The topological polar surface area (TPSA) is 110 Å². The van der Waals surface area contributed by atoms with E-state index in [1.807, 2.05) is 42.5 Å². The van der Waals surface area contributed by atoms with Gasteiger partial charge in [0.2, 0.25) is 0 Å². The van der Waals surface area contributed by atoms with Gasteiger partial charge in [-0.15, -0.1) is 0 Å². The smallest absolute Gasteiger partial charge is 0.258 e. The van der Waals surface area contributed by atoms with Crippen LogP contribution in [0.5, 0.6) is 17.2 Å². The van der Waals surface area contributed by atoms with Crippen molar-refractivity contribution in [2.45, 2.75) is 19.5 Å². The summed E-state index contributed by atoms with van der Waals surface area (Å²) in [5, 5.41) is 12.3. The average molecular weight is 547 g/mol. The normalized spacial score (nSPS) is 14.5. The van der Waals surface area contributed by atoms with Gasteiger partial charge in [0.1, 0.15) is 5.75 Å². The molecule has 9 nitrogen and oxygen atoms in total. The molecule has 10 heteroatoms. The molecule has 2 amide bonds. The van der Waals surface area contributed by atoms with Crippen LogP contribution < -0.4 is 35.5 Å². The predicted molar refractivity (Wildman–Crippen MR) is 153 cm³/mol. The van der Waals surface area contributed by atoms with Crippen molar-refractivity contribution in [3.8, 4) is 17.2 Å². The van der Waals surface area contributed by atoms with Crippen molar-refractivity contribution in [2.24, 2.45) is 0 Å². The van der Waals surface area contributed by atoms with Crippen LogP contribution in [0.2, 0.25) is 0 Å². The Kier molecular flexibility index (Phi) is 9.01. The number of amides is 2. The van der Waals surface area contributed by atoms with Crippen molar-refractivity contribution in [1.29, 1.82) is 0 Å². The van der Waals surface area contributed by atoms with E-state index in [-0.39, 0.29) is 18.4 Å². The number of anilines is 1. The molecule has 202 valence electrons. The molecule has 1 heterocycles. The van der Waals surface area contributed by atoms with Crippen LogP contribution in [-0.2, 0) is 16.1 Å². The molecule has 0 aliphatic carbocycles. The fourth-order valence-electron chi connectivity index (χ4n) is 4.16. The highest BCUT2D eigenvalue weighted by molar-refractivity contribution is 7.80. The van der Waals surface area contributed by atoms with Gasteiger partial charge in [-0.3, -0.25) is 9.59 Å². The summed E-state index contributed by atoms with van der Waals surface area (Å²) in [6.45, 7) is 2.02. The van der Waals surface area contributed by atoms with Gasteiger partial charge in [0, 0.05) is 12.2 Å². The Morgan fingerprint density at radius 2 is 1.64 bits per heavy atom. The maximum absolute atomic E-state index is 13.5. The van der Waals surface area contributed by atoms with Crippen LogP contribution >= 0.6 is 12.2 Å². The molecule has 0 fully saturated rings. The van der Waals surface area contributed by atoms with E-state index in [2.05, 4.69) is 21.3 Å². The van der Waals surface area contributed by atoms with E-state index in [4.69, 9.17) is 26.4 Å². The molecule has 0 aromatic heterocycles. The predicted octanol–water partition coefficient (Wildman–Crippen LogP) is 3.83. The number of ether oxygens (including phenoxy) is 3. The van der Waals surface area contributed by atoms with Gasteiger partial charge in [0.15, 0.2) is 23.2 Å². The van der Waals surface area contributed by atoms with Crippen molar-refractivity contribution < 1.29 is 23.8 Å². The van der Waals surface area contributed by atoms with Gasteiger partial charge in [0.05, 0.1) is 31.5 Å². The third kappa shape index (κ3) is 6.85. The van der Waals surface area contributed by atoms with Gasteiger partial charge in [-0.1, -0.05) is 48.5 Å². The number of thiocarbonyl (C=S) groups is 1. The second-order valence-corrected chi connectivity index (χ2v) is 9.09. The second-order valence-electron chi connectivity index (χ2n) is 8.69. The van der Waals surface area contributed by atoms with Crippen molar-refractivity contribution in [1.82, 2.24) is 16.0 Å². The number of benzene rings is 3. The van der Waals surface area contributed by atoms with Crippen LogP contribution in [-0.4, -0.2) is 37.8 Å². The van der Waals surface area contributed by atoms with Gasteiger partial charge in [-0.2, -0.15) is 0 Å². The van der Waals surface area contributed by atoms with Crippen molar-refractivity contribution in [3.63, 3.8) is 0 Å². The van der Waals surface area contributed by atoms with E-state index in [1.165, 1.54) is 7.11 Å². The molecule has 4 N–H and O–H groups in total. The number of para-hydroxylation sites is 2. The second kappa shape index (κ2) is 12.8. The monoisotopic (exact) mass is 546 g/mol. The first-order valence-electron chi connectivity index (χ1n) is 12.2. The molecule has 0 unspecified atom stereocenters. The van der Waals surface area contributed by atoms with E-state index >= 15 is 0 Å². The molecule has 0 spiro atoms. The highest BCUT2D eigenvalue weighted by Crippen LogP contribution is 2.35. The number of carbonyl (C=O) groups is 2. The number of hydrogen-bond acceptors (Lipinski definition) is 6. The molecular weight excluding hydrogens is 516 g/mol. The maximum Gasteiger partial charge on any atom is 0.258 e. The third-order valence-electron chi connectivity index (χ3n) is 6.08. The number of allylic oxidation sites excluding steroid dienone is 1. The molecule has 0 saturated heterocycles. The van der Waals surface area contributed by atoms with Gasteiger partial charge in [0.25, 0.3) is 11.8 Å². The zero-order chi connectivity index (χ0) is 27.8. The fourth-order valence-corrected chi connectivity index (χ4v) is 4.43. The quantitative estimate of drug-likeness (QED) is 0.284. The summed E-state index contributed by atoms with van der Waals surface area (Å²) in [4.78, 5) is 25.8. The van der Waals surface area contributed by atoms with E-state index in [0.29, 0.717) is 45.9 Å². The van der Waals surface area contributed by atoms with Crippen LogP contribution in [0.15, 0.2) is 84.1 Å². The number of hydrogen-bond donors (Lipinski definition) is 4. The fraction of sp³-hybridized carbons (Fsp3) is 0.207. The SMILES string of the molecule is COc1ccccc1NC(=O)C1=C(C)NC(=S)N[C@H]1c1ccc(OCC(=O)NCc2ccccc2)c(OC)c1. The highest BCUT2D eigenvalue weighted by Gasteiger charge is 2.31. The minimum absolute atomic E-state index is 0.177. The lowest BCUT2D eigenvalue weighted by Crippen LogP contribution is -2.45. The summed E-state index contributed by atoms with van der Waals surface area (Å²) in [5.74, 6) is 0.775. The standard InChI is InChI=1S/C29H30N4O5S/c1-18-26(28(35)32-21-11-7-8-12-22(21)36-2)27(33-29(39)31-18)20-13-14-23(24(15-20)37-3)38-17-25(34)30-16-19-9-5-4-6-10-19/h4-15,27H,16-17H2,1-3H3,(H,30,34)(H,32,35)(H2,31,33,39)/t27-/m0/s1. The van der Waals surface area contributed by atoms with Crippen molar-refractivity contribution in [2.75, 3.05) is 26.1 Å². The number of nitrogens with one attached hydrogen (secondary N) is 4. The first kappa shape index (κ1) is 27.5. The molecule has 0 saturated carbocycles. The van der Waals surface area contributed by atoms with E-state index in [9.17, 15) is 9.59 Å². The first-order chi connectivity index (χ1) is 18.9. The largest absolute Gasteiger partial charge is 0.495 e. The lowest BCUT2D eigenvalue weighted by Gasteiger charge is -2.30. The molecule has 1 aliphatic heterocycles. The molecule has 39 heavy (non-hydrogen) atoms. The Hall–Kier alpha value is -4.57. The molecule has 4 rings (SSSR count). The summed E-state index contributed by atoms with van der Waals surface area (Å²) in [5.41, 5.74) is 3.33. The summed E-state index contributed by atoms with van der Waals surface area (Å²) in [7, 11) is 3.06. The van der Waals surface area contributed by atoms with Gasteiger partial charge in [-0.25, -0.2) is 0 Å². The molecule has 3 aromatic carbocycles. The summed E-state index contributed by atoms with van der Waals surface area (Å²) in [6.07, 6.45) is 0. The lowest BCUT2D eigenvalue weighted by molar-refractivity contribution is -0.123. The van der Waals surface area contributed by atoms with Gasteiger partial charge in [-0.05, 0) is 54.5 Å². The zero-order valence-corrected chi connectivity index (χ0v) is 22.7. The van der Waals surface area contributed by atoms with Crippen molar-refractivity contribution >= 4 is 34.8 Å².